The third-order valence-corrected chi connectivity index (χ3v) is 4.56. The summed E-state index contributed by atoms with van der Waals surface area (Å²) in [6.07, 6.45) is 0. The monoisotopic (exact) mass is 367 g/mol. The van der Waals surface area contributed by atoms with Crippen molar-refractivity contribution in [3.8, 4) is 0 Å². The molecule has 0 unspecified atom stereocenters. The molecule has 140 valence electrons. The predicted molar refractivity (Wildman–Crippen MR) is 99.2 cm³/mol. The number of imide groups is 1. The van der Waals surface area contributed by atoms with Gasteiger partial charge in [0.05, 0.1) is 5.69 Å². The second-order valence-electron chi connectivity index (χ2n) is 6.75. The number of hydrogen-bond donors (Lipinski definition) is 2. The first-order chi connectivity index (χ1) is 12.9. The van der Waals surface area contributed by atoms with E-state index in [4.69, 9.17) is 5.21 Å². The van der Waals surface area contributed by atoms with Gasteiger partial charge in [-0.15, -0.1) is 0 Å². The zero-order chi connectivity index (χ0) is 19.6. The van der Waals surface area contributed by atoms with E-state index < -0.39 is 11.9 Å². The lowest BCUT2D eigenvalue weighted by Gasteiger charge is -2.24. The van der Waals surface area contributed by atoms with Crippen molar-refractivity contribution in [2.75, 3.05) is 4.90 Å². The van der Waals surface area contributed by atoms with Crippen LogP contribution >= 0.6 is 0 Å². The maximum atomic E-state index is 13.0. The fraction of sp³-hybridized carbons (Fsp3) is 0.250. The molecule has 1 atom stereocenters. The highest BCUT2D eigenvalue weighted by atomic mass is 16.5. The van der Waals surface area contributed by atoms with Crippen LogP contribution in [0.15, 0.2) is 54.6 Å². The van der Waals surface area contributed by atoms with Gasteiger partial charge < -0.3 is 4.90 Å². The highest BCUT2D eigenvalue weighted by Crippen LogP contribution is 2.30. The molecule has 7 heteroatoms. The molecule has 0 radical (unpaired) electrons. The molecular formula is C20H21N3O4. The molecule has 1 aliphatic heterocycles. The molecule has 1 fully saturated rings. The van der Waals surface area contributed by atoms with Crippen LogP contribution < -0.4 is 10.4 Å². The van der Waals surface area contributed by atoms with Gasteiger partial charge in [0.15, 0.2) is 0 Å². The summed E-state index contributed by atoms with van der Waals surface area (Å²) in [6.45, 7) is 4.07. The van der Waals surface area contributed by atoms with Crippen molar-refractivity contribution in [3.63, 3.8) is 0 Å². The number of para-hydroxylation sites is 1. The smallest absolute Gasteiger partial charge is 0.307 e. The fourth-order valence-corrected chi connectivity index (χ4v) is 3.26. The van der Waals surface area contributed by atoms with E-state index in [1.54, 1.807) is 58.9 Å². The number of hydroxylamine groups is 1. The fourth-order valence-electron chi connectivity index (χ4n) is 3.26. The maximum absolute atomic E-state index is 13.0. The topological polar surface area (TPSA) is 90.0 Å². The number of benzene rings is 2. The van der Waals surface area contributed by atoms with Gasteiger partial charge in [-0.1, -0.05) is 44.2 Å². The van der Waals surface area contributed by atoms with Gasteiger partial charge in [0.2, 0.25) is 0 Å². The lowest BCUT2D eigenvalue weighted by atomic mass is 10.0. The third-order valence-electron chi connectivity index (χ3n) is 4.56. The van der Waals surface area contributed by atoms with Gasteiger partial charge in [0, 0.05) is 12.1 Å². The summed E-state index contributed by atoms with van der Waals surface area (Å²) in [7, 11) is 0. The number of anilines is 1. The summed E-state index contributed by atoms with van der Waals surface area (Å²) in [5.74, 6) is -0.892. The Kier molecular flexibility index (Phi) is 5.23. The number of nitrogens with one attached hydrogen (secondary N) is 1. The van der Waals surface area contributed by atoms with Gasteiger partial charge in [-0.3, -0.25) is 14.8 Å². The van der Waals surface area contributed by atoms with E-state index in [0.29, 0.717) is 11.3 Å². The van der Waals surface area contributed by atoms with Gasteiger partial charge in [0.25, 0.3) is 11.8 Å². The Morgan fingerprint density at radius 3 is 2.26 bits per heavy atom. The minimum absolute atomic E-state index is 0.0467. The quantitative estimate of drug-likeness (QED) is 0.483. The number of hydrogen-bond acceptors (Lipinski definition) is 4. The molecule has 0 aromatic heterocycles. The van der Waals surface area contributed by atoms with Crippen LogP contribution in [0.3, 0.4) is 0 Å². The van der Waals surface area contributed by atoms with Crippen LogP contribution in [-0.2, 0) is 11.3 Å². The Morgan fingerprint density at radius 2 is 1.70 bits per heavy atom. The highest BCUT2D eigenvalue weighted by molar-refractivity contribution is 6.21. The first-order valence-electron chi connectivity index (χ1n) is 8.67. The van der Waals surface area contributed by atoms with E-state index in [9.17, 15) is 14.4 Å². The largest absolute Gasteiger partial charge is 0.332 e. The summed E-state index contributed by atoms with van der Waals surface area (Å²) < 4.78 is 0. The summed E-state index contributed by atoms with van der Waals surface area (Å²) in [5.41, 5.74) is 3.22. The Morgan fingerprint density at radius 1 is 1.07 bits per heavy atom. The average Bonchev–Trinajstić information content (AvgIpc) is 2.92. The van der Waals surface area contributed by atoms with Crippen LogP contribution in [0.4, 0.5) is 10.5 Å². The second kappa shape index (κ2) is 7.59. The minimum atomic E-state index is -0.607. The van der Waals surface area contributed by atoms with E-state index in [1.165, 1.54) is 4.90 Å². The summed E-state index contributed by atoms with van der Waals surface area (Å²) >= 11 is 0. The van der Waals surface area contributed by atoms with Crippen molar-refractivity contribution in [1.29, 1.82) is 0 Å². The third kappa shape index (κ3) is 3.54. The van der Waals surface area contributed by atoms with Crippen LogP contribution in [0, 0.1) is 5.92 Å². The van der Waals surface area contributed by atoms with Crippen molar-refractivity contribution in [1.82, 2.24) is 10.4 Å². The molecule has 1 saturated heterocycles. The Labute approximate surface area is 157 Å². The molecule has 3 rings (SSSR count). The molecule has 2 aromatic rings. The first kappa shape index (κ1) is 18.6. The van der Waals surface area contributed by atoms with Crippen molar-refractivity contribution < 1.29 is 19.6 Å². The number of nitrogens with zero attached hydrogens (tertiary/aromatic N) is 2. The number of rotatable bonds is 5. The lowest BCUT2D eigenvalue weighted by molar-refractivity contribution is -0.120. The minimum Gasteiger partial charge on any atom is -0.307 e. The Hall–Kier alpha value is -3.19. The normalized spacial score (nSPS) is 17.0. The molecule has 1 heterocycles. The number of urea groups is 1. The standard InChI is InChI=1S/C20H21N3O4/c1-13(2)17-19(25)23(16-6-4-3-5-7-16)20(26)22(17)12-14-8-10-15(11-9-14)18(24)21-27/h3-11,13,17,27H,12H2,1-2H3,(H,21,24)/t17-/m1/s1. The molecule has 0 saturated carbocycles. The first-order valence-corrected chi connectivity index (χ1v) is 8.67. The number of amides is 4. The Bertz CT molecular complexity index is 849. The predicted octanol–water partition coefficient (Wildman–Crippen LogP) is 2.80. The molecule has 0 bridgehead atoms. The molecule has 0 aliphatic carbocycles. The van der Waals surface area contributed by atoms with Crippen LogP contribution in [0.25, 0.3) is 0 Å². The van der Waals surface area contributed by atoms with Gasteiger partial charge in [-0.2, -0.15) is 0 Å². The molecule has 7 nitrogen and oxygen atoms in total. The summed E-state index contributed by atoms with van der Waals surface area (Å²) in [6, 6.07) is 14.5. The van der Waals surface area contributed by atoms with E-state index in [1.807, 2.05) is 19.9 Å². The molecule has 1 aliphatic rings. The van der Waals surface area contributed by atoms with Crippen molar-refractivity contribution >= 4 is 23.5 Å². The van der Waals surface area contributed by atoms with Crippen LogP contribution in [0.1, 0.15) is 29.8 Å². The number of carbonyl (C=O) groups is 3. The lowest BCUT2D eigenvalue weighted by Crippen LogP contribution is -2.38. The second-order valence-corrected chi connectivity index (χ2v) is 6.75. The van der Waals surface area contributed by atoms with Gasteiger partial charge in [-0.25, -0.2) is 15.2 Å². The van der Waals surface area contributed by atoms with Gasteiger partial charge in [-0.05, 0) is 35.7 Å². The molecule has 27 heavy (non-hydrogen) atoms. The van der Waals surface area contributed by atoms with Crippen molar-refractivity contribution in [3.05, 3.63) is 65.7 Å². The summed E-state index contributed by atoms with van der Waals surface area (Å²) in [4.78, 5) is 40.1. The summed E-state index contributed by atoms with van der Waals surface area (Å²) in [5, 5.41) is 8.69. The maximum Gasteiger partial charge on any atom is 0.332 e. The van der Waals surface area contributed by atoms with E-state index in [2.05, 4.69) is 0 Å². The molecule has 0 spiro atoms. The highest BCUT2D eigenvalue weighted by Gasteiger charge is 2.47. The number of carbonyl (C=O) groups excluding carboxylic acids is 3. The van der Waals surface area contributed by atoms with Gasteiger partial charge >= 0.3 is 6.03 Å². The van der Waals surface area contributed by atoms with Crippen molar-refractivity contribution in [2.24, 2.45) is 5.92 Å². The van der Waals surface area contributed by atoms with E-state index in [-0.39, 0.29) is 24.4 Å². The van der Waals surface area contributed by atoms with Crippen molar-refractivity contribution in [2.45, 2.75) is 26.4 Å². The zero-order valence-corrected chi connectivity index (χ0v) is 15.1. The zero-order valence-electron chi connectivity index (χ0n) is 15.1. The van der Waals surface area contributed by atoms with Crippen LogP contribution in [0.5, 0.6) is 0 Å². The van der Waals surface area contributed by atoms with E-state index in [0.717, 1.165) is 5.56 Å². The molecule has 4 amide bonds. The molecular weight excluding hydrogens is 346 g/mol. The SMILES string of the molecule is CC(C)[C@@H]1C(=O)N(c2ccccc2)C(=O)N1Cc1ccc(C(=O)NO)cc1. The van der Waals surface area contributed by atoms with Crippen LogP contribution in [0.2, 0.25) is 0 Å². The van der Waals surface area contributed by atoms with Gasteiger partial charge in [0.1, 0.15) is 6.04 Å². The average molecular weight is 367 g/mol. The Balaban J connectivity index is 1.88. The molecule has 2 aromatic carbocycles. The van der Waals surface area contributed by atoms with Crippen LogP contribution in [-0.4, -0.2) is 34.0 Å². The van der Waals surface area contributed by atoms with E-state index >= 15 is 0 Å². The molecule has 2 N–H and O–H groups in total.